The van der Waals surface area contributed by atoms with Gasteiger partial charge in [-0.1, -0.05) is 17.4 Å². The Morgan fingerprint density at radius 1 is 1.12 bits per heavy atom. The number of fused-ring (bicyclic) bond motifs is 1. The third-order valence-corrected chi connectivity index (χ3v) is 4.72. The minimum atomic E-state index is -0.209. The predicted molar refractivity (Wildman–Crippen MR) is 68.4 cm³/mol. The van der Waals surface area contributed by atoms with Crippen LogP contribution in [0.1, 0.15) is 0 Å². The van der Waals surface area contributed by atoms with Gasteiger partial charge in [0.15, 0.2) is 8.92 Å². The zero-order valence-corrected chi connectivity index (χ0v) is 11.0. The van der Waals surface area contributed by atoms with E-state index in [2.05, 4.69) is 26.1 Å². The standard InChI is InChI=1S/C10H4BrFN2S2/c11-10-14-13-9(16-10)8-3-5-1-2-6(12)4-7(5)15-8/h1-4H. The third kappa shape index (κ3) is 1.77. The van der Waals surface area contributed by atoms with Crippen molar-refractivity contribution < 1.29 is 4.39 Å². The van der Waals surface area contributed by atoms with Crippen molar-refractivity contribution in [3.63, 3.8) is 0 Å². The summed E-state index contributed by atoms with van der Waals surface area (Å²) in [5.74, 6) is -0.209. The molecule has 0 spiro atoms. The van der Waals surface area contributed by atoms with E-state index in [4.69, 9.17) is 0 Å². The van der Waals surface area contributed by atoms with Crippen LogP contribution >= 0.6 is 38.6 Å². The summed E-state index contributed by atoms with van der Waals surface area (Å²) in [5, 5.41) is 9.83. The minimum absolute atomic E-state index is 0.209. The fourth-order valence-corrected chi connectivity index (χ4v) is 3.65. The predicted octanol–water partition coefficient (Wildman–Crippen LogP) is 4.32. The molecule has 0 saturated carbocycles. The lowest BCUT2D eigenvalue weighted by atomic mass is 10.2. The Morgan fingerprint density at radius 3 is 2.75 bits per heavy atom. The summed E-state index contributed by atoms with van der Waals surface area (Å²) in [6.45, 7) is 0. The van der Waals surface area contributed by atoms with E-state index in [0.29, 0.717) is 0 Å². The van der Waals surface area contributed by atoms with Gasteiger partial charge in [0.2, 0.25) is 0 Å². The van der Waals surface area contributed by atoms with E-state index in [1.807, 2.05) is 6.07 Å². The second kappa shape index (κ2) is 3.87. The first-order valence-corrected chi connectivity index (χ1v) is 6.83. The summed E-state index contributed by atoms with van der Waals surface area (Å²) >= 11 is 6.27. The van der Waals surface area contributed by atoms with Crippen molar-refractivity contribution in [2.75, 3.05) is 0 Å². The number of thiophene rings is 1. The van der Waals surface area contributed by atoms with Crippen molar-refractivity contribution >= 4 is 48.7 Å². The van der Waals surface area contributed by atoms with Gasteiger partial charge in [-0.05, 0) is 39.5 Å². The largest absolute Gasteiger partial charge is 0.207 e. The fraction of sp³-hybridized carbons (Fsp3) is 0. The summed E-state index contributed by atoms with van der Waals surface area (Å²) in [6, 6.07) is 6.79. The summed E-state index contributed by atoms with van der Waals surface area (Å²) in [4.78, 5) is 1.02. The molecule has 0 fully saturated rings. The van der Waals surface area contributed by atoms with E-state index in [9.17, 15) is 4.39 Å². The molecule has 0 N–H and O–H groups in total. The molecule has 0 atom stereocenters. The third-order valence-electron chi connectivity index (χ3n) is 2.09. The van der Waals surface area contributed by atoms with Gasteiger partial charge in [0.05, 0.1) is 4.88 Å². The van der Waals surface area contributed by atoms with Crippen LogP contribution in [-0.2, 0) is 0 Å². The molecule has 0 aliphatic heterocycles. The van der Waals surface area contributed by atoms with E-state index >= 15 is 0 Å². The highest BCUT2D eigenvalue weighted by Crippen LogP contribution is 2.36. The molecule has 0 unspecified atom stereocenters. The van der Waals surface area contributed by atoms with Crippen molar-refractivity contribution in [3.05, 3.63) is 34.0 Å². The lowest BCUT2D eigenvalue weighted by Crippen LogP contribution is -1.69. The quantitative estimate of drug-likeness (QED) is 0.668. The van der Waals surface area contributed by atoms with Crippen molar-refractivity contribution in [3.8, 4) is 9.88 Å². The normalized spacial score (nSPS) is 11.1. The Hall–Kier alpha value is -0.850. The van der Waals surface area contributed by atoms with E-state index in [-0.39, 0.29) is 5.82 Å². The zero-order valence-electron chi connectivity index (χ0n) is 7.78. The van der Waals surface area contributed by atoms with E-state index in [1.165, 1.54) is 28.7 Å². The monoisotopic (exact) mass is 314 g/mol. The summed E-state index contributed by atoms with van der Waals surface area (Å²) in [6.07, 6.45) is 0. The summed E-state index contributed by atoms with van der Waals surface area (Å²) < 4.78 is 14.7. The first-order valence-electron chi connectivity index (χ1n) is 4.41. The fourth-order valence-electron chi connectivity index (χ4n) is 1.42. The van der Waals surface area contributed by atoms with Crippen LogP contribution in [0.3, 0.4) is 0 Å². The molecule has 2 nitrogen and oxygen atoms in total. The highest BCUT2D eigenvalue weighted by molar-refractivity contribution is 9.11. The molecule has 0 bridgehead atoms. The van der Waals surface area contributed by atoms with Gasteiger partial charge in [0.1, 0.15) is 5.82 Å². The number of benzene rings is 1. The second-order valence-electron chi connectivity index (χ2n) is 3.15. The molecular weight excluding hydrogens is 311 g/mol. The number of aromatic nitrogens is 2. The first kappa shape index (κ1) is 10.3. The zero-order chi connectivity index (χ0) is 11.1. The molecule has 16 heavy (non-hydrogen) atoms. The number of nitrogens with zero attached hydrogens (tertiary/aromatic N) is 2. The molecule has 0 aliphatic carbocycles. The van der Waals surface area contributed by atoms with Gasteiger partial charge < -0.3 is 0 Å². The van der Waals surface area contributed by atoms with Gasteiger partial charge in [-0.25, -0.2) is 4.39 Å². The van der Waals surface area contributed by atoms with Gasteiger partial charge in [0.25, 0.3) is 0 Å². The molecule has 80 valence electrons. The van der Waals surface area contributed by atoms with Crippen molar-refractivity contribution in [2.24, 2.45) is 0 Å². The molecule has 0 aliphatic rings. The van der Waals surface area contributed by atoms with Crippen LogP contribution in [0.5, 0.6) is 0 Å². The second-order valence-corrected chi connectivity index (χ2v) is 6.49. The van der Waals surface area contributed by atoms with Crippen molar-refractivity contribution in [1.82, 2.24) is 10.2 Å². The number of rotatable bonds is 1. The van der Waals surface area contributed by atoms with Crippen molar-refractivity contribution in [1.29, 1.82) is 0 Å². The Morgan fingerprint density at radius 2 is 2.00 bits per heavy atom. The highest BCUT2D eigenvalue weighted by atomic mass is 79.9. The topological polar surface area (TPSA) is 25.8 Å². The summed E-state index contributed by atoms with van der Waals surface area (Å²) in [7, 11) is 0. The van der Waals surface area contributed by atoms with Crippen molar-refractivity contribution in [2.45, 2.75) is 0 Å². The Labute approximate surface area is 107 Å². The van der Waals surface area contributed by atoms with E-state index < -0.39 is 0 Å². The Bertz CT molecular complexity index is 662. The SMILES string of the molecule is Fc1ccc2cc(-c3nnc(Br)s3)sc2c1. The van der Waals surface area contributed by atoms with Crippen LogP contribution in [-0.4, -0.2) is 10.2 Å². The highest BCUT2D eigenvalue weighted by Gasteiger charge is 2.09. The van der Waals surface area contributed by atoms with Crippen LogP contribution < -0.4 is 0 Å². The summed E-state index contributed by atoms with van der Waals surface area (Å²) in [5.41, 5.74) is 0. The maximum Gasteiger partial charge on any atom is 0.183 e. The molecule has 6 heteroatoms. The van der Waals surface area contributed by atoms with Gasteiger partial charge in [0, 0.05) is 4.70 Å². The molecule has 0 radical (unpaired) electrons. The molecule has 1 aromatic carbocycles. The molecule has 3 rings (SSSR count). The molecule has 3 aromatic rings. The van der Waals surface area contributed by atoms with Crippen LogP contribution in [0.15, 0.2) is 28.2 Å². The average molecular weight is 315 g/mol. The Kier molecular flexibility index (Phi) is 2.49. The number of halogens is 2. The van der Waals surface area contributed by atoms with Gasteiger partial charge in [-0.15, -0.1) is 21.5 Å². The lowest BCUT2D eigenvalue weighted by Gasteiger charge is -1.86. The van der Waals surface area contributed by atoms with Crippen LogP contribution in [0.2, 0.25) is 0 Å². The van der Waals surface area contributed by atoms with Gasteiger partial charge >= 0.3 is 0 Å². The molecular formula is C10H4BrFN2S2. The maximum atomic E-state index is 13.0. The molecule has 2 aromatic heterocycles. The van der Waals surface area contributed by atoms with E-state index in [1.54, 1.807) is 12.1 Å². The van der Waals surface area contributed by atoms with Crippen LogP contribution in [0.4, 0.5) is 4.39 Å². The molecule has 0 saturated heterocycles. The smallest absolute Gasteiger partial charge is 0.183 e. The molecule has 2 heterocycles. The van der Waals surface area contributed by atoms with E-state index in [0.717, 1.165) is 23.9 Å². The first-order chi connectivity index (χ1) is 7.72. The minimum Gasteiger partial charge on any atom is -0.207 e. The number of hydrogen-bond donors (Lipinski definition) is 0. The Balaban J connectivity index is 2.18. The van der Waals surface area contributed by atoms with Crippen LogP contribution in [0.25, 0.3) is 20.0 Å². The lowest BCUT2D eigenvalue weighted by molar-refractivity contribution is 0.630. The van der Waals surface area contributed by atoms with Crippen LogP contribution in [0, 0.1) is 5.82 Å². The van der Waals surface area contributed by atoms with Gasteiger partial charge in [-0.2, -0.15) is 0 Å². The van der Waals surface area contributed by atoms with Gasteiger partial charge in [-0.3, -0.25) is 0 Å². The maximum absolute atomic E-state index is 13.0. The molecule has 0 amide bonds. The number of hydrogen-bond acceptors (Lipinski definition) is 4. The average Bonchev–Trinajstić information content (AvgIpc) is 2.83.